The Labute approximate surface area is 194 Å². The van der Waals surface area contributed by atoms with Gasteiger partial charge in [0, 0.05) is 27.6 Å². The largest absolute Gasteiger partial charge is 0.450 e. The molecule has 1 aliphatic rings. The number of nitrogen functional groups attached to an aromatic ring is 1. The van der Waals surface area contributed by atoms with Crippen LogP contribution in [0.1, 0.15) is 39.3 Å². The monoisotopic (exact) mass is 464 g/mol. The summed E-state index contributed by atoms with van der Waals surface area (Å²) in [5.41, 5.74) is 9.51. The molecule has 5 rings (SSSR count). The zero-order valence-electron chi connectivity index (χ0n) is 16.8. The minimum absolute atomic E-state index is 0.0268. The molecule has 7 heteroatoms. The van der Waals surface area contributed by atoms with E-state index in [0.29, 0.717) is 27.6 Å². The van der Waals surface area contributed by atoms with Crippen LogP contribution >= 0.6 is 23.2 Å². The molecule has 160 valence electrons. The van der Waals surface area contributed by atoms with Crippen molar-refractivity contribution in [2.45, 2.75) is 18.9 Å². The van der Waals surface area contributed by atoms with Gasteiger partial charge in [-0.3, -0.25) is 9.59 Å². The molecule has 1 fully saturated rings. The highest BCUT2D eigenvalue weighted by Crippen LogP contribution is 2.35. The van der Waals surface area contributed by atoms with Gasteiger partial charge in [0.25, 0.3) is 5.91 Å². The van der Waals surface area contributed by atoms with Crippen molar-refractivity contribution in [3.8, 4) is 11.1 Å². The molecule has 5 nitrogen and oxygen atoms in total. The number of furan rings is 1. The van der Waals surface area contributed by atoms with Crippen LogP contribution in [-0.2, 0) is 0 Å². The van der Waals surface area contributed by atoms with Crippen molar-refractivity contribution in [3.63, 3.8) is 0 Å². The number of carbonyl (C=O) groups is 2. The highest BCUT2D eigenvalue weighted by Gasteiger charge is 2.24. The Morgan fingerprint density at radius 2 is 1.75 bits per heavy atom. The third kappa shape index (κ3) is 3.85. The summed E-state index contributed by atoms with van der Waals surface area (Å²) in [5.74, 6) is -0.468. The molecule has 1 amide bonds. The van der Waals surface area contributed by atoms with Gasteiger partial charge in [-0.2, -0.15) is 0 Å². The van der Waals surface area contributed by atoms with Gasteiger partial charge in [-0.25, -0.2) is 0 Å². The molecule has 1 saturated carbocycles. The predicted octanol–water partition coefficient (Wildman–Crippen LogP) is 6.11. The summed E-state index contributed by atoms with van der Waals surface area (Å²) in [5, 5.41) is 4.28. The first kappa shape index (κ1) is 20.6. The molecule has 0 saturated heterocycles. The van der Waals surface area contributed by atoms with Gasteiger partial charge < -0.3 is 15.5 Å². The summed E-state index contributed by atoms with van der Waals surface area (Å²) in [6, 6.07) is 17.8. The van der Waals surface area contributed by atoms with Gasteiger partial charge in [0.05, 0.1) is 10.7 Å². The zero-order valence-corrected chi connectivity index (χ0v) is 18.3. The lowest BCUT2D eigenvalue weighted by atomic mass is 10.0. The SMILES string of the molecule is Nc1c(C(=O)c2ccc(Cl)cc2Cl)oc2cc(-c3cccc(C(=O)NC4CC4)c3)ccc12. The summed E-state index contributed by atoms with van der Waals surface area (Å²) >= 11 is 12.1. The van der Waals surface area contributed by atoms with Gasteiger partial charge in [-0.05, 0) is 66.4 Å². The van der Waals surface area contributed by atoms with Crippen molar-refractivity contribution < 1.29 is 14.0 Å². The normalized spacial score (nSPS) is 13.3. The molecule has 0 radical (unpaired) electrons. The highest BCUT2D eigenvalue weighted by atomic mass is 35.5. The fourth-order valence-corrected chi connectivity index (χ4v) is 4.09. The summed E-state index contributed by atoms with van der Waals surface area (Å²) in [6.07, 6.45) is 2.06. The van der Waals surface area contributed by atoms with E-state index in [2.05, 4.69) is 5.32 Å². The smallest absolute Gasteiger partial charge is 0.251 e. The Kier molecular flexibility index (Phi) is 5.16. The van der Waals surface area contributed by atoms with Crippen LogP contribution in [0.4, 0.5) is 5.69 Å². The van der Waals surface area contributed by atoms with Gasteiger partial charge in [0.2, 0.25) is 5.78 Å². The number of hydrogen-bond acceptors (Lipinski definition) is 4. The van der Waals surface area contributed by atoms with Crippen LogP contribution < -0.4 is 11.1 Å². The van der Waals surface area contributed by atoms with E-state index >= 15 is 0 Å². The van der Waals surface area contributed by atoms with Crippen LogP contribution in [0.2, 0.25) is 10.0 Å². The van der Waals surface area contributed by atoms with E-state index in [-0.39, 0.29) is 27.9 Å². The average Bonchev–Trinajstić information content (AvgIpc) is 3.54. The van der Waals surface area contributed by atoms with Crippen LogP contribution in [0.25, 0.3) is 22.1 Å². The minimum atomic E-state index is -0.416. The number of benzene rings is 3. The number of nitrogens with one attached hydrogen (secondary N) is 1. The lowest BCUT2D eigenvalue weighted by molar-refractivity contribution is 0.0950. The second-order valence-corrected chi connectivity index (χ2v) is 8.68. The number of fused-ring (bicyclic) bond motifs is 1. The second kappa shape index (κ2) is 8.01. The number of amides is 1. The van der Waals surface area contributed by atoms with E-state index in [1.807, 2.05) is 30.3 Å². The standard InChI is InChI=1S/C25H18Cl2N2O3/c26-16-5-9-18(20(27)12-16)23(30)24-22(28)19-8-4-14(11-21(19)32-24)13-2-1-3-15(10-13)25(31)29-17-6-7-17/h1-5,8-12,17H,6-7,28H2,(H,29,31). The highest BCUT2D eigenvalue weighted by molar-refractivity contribution is 6.37. The first-order chi connectivity index (χ1) is 15.4. The molecule has 4 aromatic rings. The van der Waals surface area contributed by atoms with E-state index in [1.54, 1.807) is 24.3 Å². The number of hydrogen-bond donors (Lipinski definition) is 2. The van der Waals surface area contributed by atoms with E-state index in [4.69, 9.17) is 33.4 Å². The fraction of sp³-hybridized carbons (Fsp3) is 0.120. The molecule has 0 atom stereocenters. The van der Waals surface area contributed by atoms with E-state index in [1.165, 1.54) is 6.07 Å². The van der Waals surface area contributed by atoms with Crippen LogP contribution in [0.5, 0.6) is 0 Å². The Balaban J connectivity index is 1.50. The topological polar surface area (TPSA) is 85.3 Å². The molecule has 1 heterocycles. The lowest BCUT2D eigenvalue weighted by Gasteiger charge is -2.06. The summed E-state index contributed by atoms with van der Waals surface area (Å²) < 4.78 is 5.86. The number of anilines is 1. The van der Waals surface area contributed by atoms with Gasteiger partial charge in [-0.15, -0.1) is 0 Å². The van der Waals surface area contributed by atoms with Gasteiger partial charge >= 0.3 is 0 Å². The second-order valence-electron chi connectivity index (χ2n) is 7.84. The molecule has 1 aromatic heterocycles. The zero-order chi connectivity index (χ0) is 22.4. The maximum Gasteiger partial charge on any atom is 0.251 e. The van der Waals surface area contributed by atoms with Crippen molar-refractivity contribution >= 4 is 51.5 Å². The van der Waals surface area contributed by atoms with Crippen LogP contribution in [0.3, 0.4) is 0 Å². The van der Waals surface area contributed by atoms with E-state index in [9.17, 15) is 9.59 Å². The molecular weight excluding hydrogens is 447 g/mol. The third-order valence-electron chi connectivity index (χ3n) is 5.48. The third-order valence-corrected chi connectivity index (χ3v) is 6.03. The average molecular weight is 465 g/mol. The van der Waals surface area contributed by atoms with Gasteiger partial charge in [0.1, 0.15) is 5.58 Å². The Morgan fingerprint density at radius 1 is 0.969 bits per heavy atom. The Hall–Kier alpha value is -3.28. The first-order valence-electron chi connectivity index (χ1n) is 10.1. The summed E-state index contributed by atoms with van der Waals surface area (Å²) in [6.45, 7) is 0. The molecular formula is C25H18Cl2N2O3. The number of rotatable bonds is 5. The van der Waals surface area contributed by atoms with Gasteiger partial charge in [0.15, 0.2) is 5.76 Å². The molecule has 0 unspecified atom stereocenters. The van der Waals surface area contributed by atoms with Crippen molar-refractivity contribution in [1.82, 2.24) is 5.32 Å². The van der Waals surface area contributed by atoms with Gasteiger partial charge in [-0.1, -0.05) is 41.4 Å². The van der Waals surface area contributed by atoms with Crippen LogP contribution in [-0.4, -0.2) is 17.7 Å². The molecule has 0 spiro atoms. The number of halogens is 2. The fourth-order valence-electron chi connectivity index (χ4n) is 3.60. The van der Waals surface area contributed by atoms with E-state index < -0.39 is 5.78 Å². The summed E-state index contributed by atoms with van der Waals surface area (Å²) in [7, 11) is 0. The van der Waals surface area contributed by atoms with Crippen molar-refractivity contribution in [1.29, 1.82) is 0 Å². The lowest BCUT2D eigenvalue weighted by Crippen LogP contribution is -2.25. The van der Waals surface area contributed by atoms with Crippen molar-refractivity contribution in [2.24, 2.45) is 0 Å². The van der Waals surface area contributed by atoms with E-state index in [0.717, 1.165) is 24.0 Å². The Morgan fingerprint density at radius 3 is 2.50 bits per heavy atom. The molecule has 0 bridgehead atoms. The molecule has 32 heavy (non-hydrogen) atoms. The quantitative estimate of drug-likeness (QED) is 0.348. The predicted molar refractivity (Wildman–Crippen MR) is 126 cm³/mol. The Bertz CT molecular complexity index is 1390. The number of carbonyl (C=O) groups excluding carboxylic acids is 2. The van der Waals surface area contributed by atoms with Crippen LogP contribution in [0, 0.1) is 0 Å². The number of ketones is 1. The maximum atomic E-state index is 13.0. The van der Waals surface area contributed by atoms with Crippen LogP contribution in [0.15, 0.2) is 65.1 Å². The summed E-state index contributed by atoms with van der Waals surface area (Å²) in [4.78, 5) is 25.4. The molecule has 3 N–H and O–H groups in total. The first-order valence-corrected chi connectivity index (χ1v) is 10.9. The van der Waals surface area contributed by atoms with Crippen molar-refractivity contribution in [3.05, 3.63) is 87.6 Å². The number of nitrogens with two attached hydrogens (primary N) is 1. The van der Waals surface area contributed by atoms with Crippen molar-refractivity contribution in [2.75, 3.05) is 5.73 Å². The molecule has 0 aliphatic heterocycles. The maximum absolute atomic E-state index is 13.0. The molecule has 3 aromatic carbocycles. The molecule has 1 aliphatic carbocycles. The minimum Gasteiger partial charge on any atom is -0.450 e.